The van der Waals surface area contributed by atoms with Crippen LogP contribution in [0.5, 0.6) is 0 Å². The van der Waals surface area contributed by atoms with Gasteiger partial charge in [0.1, 0.15) is 12.2 Å². The summed E-state index contributed by atoms with van der Waals surface area (Å²) in [4.78, 5) is 19.4. The smallest absolute Gasteiger partial charge is 0.237 e. The van der Waals surface area contributed by atoms with Crippen LogP contribution in [-0.2, 0) is 21.6 Å². The van der Waals surface area contributed by atoms with Crippen molar-refractivity contribution in [3.05, 3.63) is 12.2 Å². The van der Waals surface area contributed by atoms with Crippen molar-refractivity contribution in [2.24, 2.45) is 0 Å². The van der Waals surface area contributed by atoms with Crippen molar-refractivity contribution in [2.75, 3.05) is 19.8 Å². The SMILES string of the molecule is CC(C)(C)n1ncnc1CNC(=O)C1CCCN1C1CCOCC1. The Balaban J connectivity index is 1.59. The second kappa shape index (κ2) is 7.19. The second-order valence-electron chi connectivity index (χ2n) is 7.72. The van der Waals surface area contributed by atoms with E-state index in [1.54, 1.807) is 6.33 Å². The summed E-state index contributed by atoms with van der Waals surface area (Å²) < 4.78 is 7.32. The van der Waals surface area contributed by atoms with E-state index in [0.29, 0.717) is 12.6 Å². The molecule has 2 saturated heterocycles. The van der Waals surface area contributed by atoms with Crippen molar-refractivity contribution >= 4 is 5.91 Å². The third-order valence-corrected chi connectivity index (χ3v) is 4.93. The van der Waals surface area contributed by atoms with Crippen molar-refractivity contribution in [3.63, 3.8) is 0 Å². The van der Waals surface area contributed by atoms with Gasteiger partial charge in [-0.3, -0.25) is 9.69 Å². The number of carbonyl (C=O) groups excluding carboxylic acids is 1. The first-order valence-electron chi connectivity index (χ1n) is 8.97. The second-order valence-corrected chi connectivity index (χ2v) is 7.72. The quantitative estimate of drug-likeness (QED) is 0.898. The molecule has 0 aromatic carbocycles. The highest BCUT2D eigenvalue weighted by molar-refractivity contribution is 5.82. The lowest BCUT2D eigenvalue weighted by Gasteiger charge is -2.34. The molecule has 24 heavy (non-hydrogen) atoms. The van der Waals surface area contributed by atoms with Crippen LogP contribution in [0.3, 0.4) is 0 Å². The Morgan fingerprint density at radius 3 is 2.79 bits per heavy atom. The van der Waals surface area contributed by atoms with Gasteiger partial charge in [0.25, 0.3) is 0 Å². The van der Waals surface area contributed by atoms with E-state index < -0.39 is 0 Å². The number of amides is 1. The van der Waals surface area contributed by atoms with E-state index in [0.717, 1.165) is 51.3 Å². The maximum Gasteiger partial charge on any atom is 0.237 e. The molecule has 0 saturated carbocycles. The molecule has 7 nitrogen and oxygen atoms in total. The molecule has 3 rings (SSSR count). The first-order chi connectivity index (χ1) is 11.5. The first-order valence-corrected chi connectivity index (χ1v) is 8.97. The van der Waals surface area contributed by atoms with Gasteiger partial charge in [-0.1, -0.05) is 0 Å². The molecule has 134 valence electrons. The van der Waals surface area contributed by atoms with Gasteiger partial charge >= 0.3 is 0 Å². The number of hydrogen-bond acceptors (Lipinski definition) is 5. The minimum atomic E-state index is -0.141. The highest BCUT2D eigenvalue weighted by atomic mass is 16.5. The molecule has 1 atom stereocenters. The normalized spacial score (nSPS) is 23.5. The van der Waals surface area contributed by atoms with E-state index in [2.05, 4.69) is 41.1 Å². The van der Waals surface area contributed by atoms with E-state index in [1.165, 1.54) is 0 Å². The van der Waals surface area contributed by atoms with Crippen LogP contribution in [-0.4, -0.2) is 57.4 Å². The zero-order chi connectivity index (χ0) is 17.2. The Morgan fingerprint density at radius 2 is 2.08 bits per heavy atom. The van der Waals surface area contributed by atoms with E-state index in [4.69, 9.17) is 4.74 Å². The summed E-state index contributed by atoms with van der Waals surface area (Å²) in [5.41, 5.74) is -0.141. The van der Waals surface area contributed by atoms with Crippen LogP contribution < -0.4 is 5.32 Å². The zero-order valence-corrected chi connectivity index (χ0v) is 15.0. The first kappa shape index (κ1) is 17.4. The Labute approximate surface area is 143 Å². The third-order valence-electron chi connectivity index (χ3n) is 4.93. The molecule has 1 amide bonds. The minimum absolute atomic E-state index is 0.0147. The van der Waals surface area contributed by atoms with Crippen LogP contribution >= 0.6 is 0 Å². The predicted octanol–water partition coefficient (Wildman–Crippen LogP) is 1.29. The summed E-state index contributed by atoms with van der Waals surface area (Å²) >= 11 is 0. The highest BCUT2D eigenvalue weighted by Crippen LogP contribution is 2.25. The van der Waals surface area contributed by atoms with Crippen LogP contribution in [0.25, 0.3) is 0 Å². The summed E-state index contributed by atoms with van der Waals surface area (Å²) in [5.74, 6) is 0.911. The van der Waals surface area contributed by atoms with Crippen molar-refractivity contribution in [1.82, 2.24) is 25.0 Å². The summed E-state index contributed by atoms with van der Waals surface area (Å²) in [5, 5.41) is 7.35. The molecular weight excluding hydrogens is 306 g/mol. The van der Waals surface area contributed by atoms with Gasteiger partial charge in [-0.25, -0.2) is 9.67 Å². The van der Waals surface area contributed by atoms with Crippen LogP contribution in [0.2, 0.25) is 0 Å². The third kappa shape index (κ3) is 3.78. The maximum absolute atomic E-state index is 12.7. The summed E-state index contributed by atoms with van der Waals surface area (Å²) in [7, 11) is 0. The number of ether oxygens (including phenoxy) is 1. The average molecular weight is 335 g/mol. The maximum atomic E-state index is 12.7. The lowest BCUT2D eigenvalue weighted by atomic mass is 10.1. The summed E-state index contributed by atoms with van der Waals surface area (Å²) in [6.07, 6.45) is 5.64. The predicted molar refractivity (Wildman–Crippen MR) is 90.4 cm³/mol. The van der Waals surface area contributed by atoms with Gasteiger partial charge in [-0.05, 0) is 53.0 Å². The topological polar surface area (TPSA) is 72.3 Å². The Bertz CT molecular complexity index is 560. The molecule has 0 aliphatic carbocycles. The molecule has 1 N–H and O–H groups in total. The Kier molecular flexibility index (Phi) is 5.20. The largest absolute Gasteiger partial charge is 0.381 e. The fourth-order valence-electron chi connectivity index (χ4n) is 3.75. The van der Waals surface area contributed by atoms with E-state index in [-0.39, 0.29) is 17.5 Å². The van der Waals surface area contributed by atoms with Crippen LogP contribution in [0.1, 0.15) is 52.3 Å². The summed E-state index contributed by atoms with van der Waals surface area (Å²) in [6, 6.07) is 0.467. The number of nitrogens with one attached hydrogen (secondary N) is 1. The molecule has 0 bridgehead atoms. The van der Waals surface area contributed by atoms with Crippen LogP contribution in [0, 0.1) is 0 Å². The van der Waals surface area contributed by atoms with Gasteiger partial charge in [0, 0.05) is 19.3 Å². The minimum Gasteiger partial charge on any atom is -0.381 e. The Morgan fingerprint density at radius 1 is 1.33 bits per heavy atom. The molecule has 3 heterocycles. The van der Waals surface area contributed by atoms with Gasteiger partial charge in [-0.15, -0.1) is 0 Å². The number of likely N-dealkylation sites (tertiary alicyclic amines) is 1. The van der Waals surface area contributed by atoms with Crippen molar-refractivity contribution in [2.45, 2.75) is 70.6 Å². The molecule has 1 aromatic rings. The number of nitrogens with zero attached hydrogens (tertiary/aromatic N) is 4. The molecule has 2 aliphatic rings. The average Bonchev–Trinajstić information content (AvgIpc) is 3.22. The van der Waals surface area contributed by atoms with Gasteiger partial charge < -0.3 is 10.1 Å². The molecular formula is C17H29N5O2. The number of carbonyl (C=O) groups is 1. The van der Waals surface area contributed by atoms with Gasteiger partial charge in [-0.2, -0.15) is 5.10 Å². The van der Waals surface area contributed by atoms with Crippen molar-refractivity contribution < 1.29 is 9.53 Å². The van der Waals surface area contributed by atoms with Gasteiger partial charge in [0.15, 0.2) is 0 Å². The number of hydrogen-bond donors (Lipinski definition) is 1. The zero-order valence-electron chi connectivity index (χ0n) is 15.0. The lowest BCUT2D eigenvalue weighted by Crippen LogP contribution is -2.49. The molecule has 1 aromatic heterocycles. The number of aromatic nitrogens is 3. The summed E-state index contributed by atoms with van der Waals surface area (Å²) in [6.45, 7) is 9.30. The van der Waals surface area contributed by atoms with Gasteiger partial charge in [0.05, 0.1) is 18.1 Å². The van der Waals surface area contributed by atoms with Crippen LogP contribution in [0.15, 0.2) is 6.33 Å². The van der Waals surface area contributed by atoms with Crippen molar-refractivity contribution in [1.29, 1.82) is 0 Å². The Hall–Kier alpha value is -1.47. The standard InChI is InChI=1S/C17H29N5O2/c1-17(2,3)22-15(19-12-20-22)11-18-16(23)14-5-4-8-21(14)13-6-9-24-10-7-13/h12-14H,4-11H2,1-3H3,(H,18,23). The highest BCUT2D eigenvalue weighted by Gasteiger charge is 2.36. The number of rotatable bonds is 4. The van der Waals surface area contributed by atoms with Gasteiger partial charge in [0.2, 0.25) is 5.91 Å². The van der Waals surface area contributed by atoms with E-state index in [9.17, 15) is 4.79 Å². The lowest BCUT2D eigenvalue weighted by molar-refractivity contribution is -0.127. The molecule has 7 heteroatoms. The fraction of sp³-hybridized carbons (Fsp3) is 0.824. The molecule has 2 aliphatic heterocycles. The van der Waals surface area contributed by atoms with Crippen molar-refractivity contribution in [3.8, 4) is 0 Å². The molecule has 0 radical (unpaired) electrons. The van der Waals surface area contributed by atoms with E-state index in [1.807, 2.05) is 4.68 Å². The monoisotopic (exact) mass is 335 g/mol. The fourth-order valence-corrected chi connectivity index (χ4v) is 3.75. The molecule has 1 unspecified atom stereocenters. The molecule has 2 fully saturated rings. The molecule has 0 spiro atoms. The van der Waals surface area contributed by atoms with E-state index >= 15 is 0 Å². The van der Waals surface area contributed by atoms with Crippen LogP contribution in [0.4, 0.5) is 0 Å².